The van der Waals surface area contributed by atoms with Gasteiger partial charge in [0.2, 0.25) is 11.8 Å². The lowest BCUT2D eigenvalue weighted by Crippen LogP contribution is -2.54. The fraction of sp³-hybridized carbons (Fsp3) is 0.400. The van der Waals surface area contributed by atoms with Crippen LogP contribution in [0.2, 0.25) is 0 Å². The molecule has 0 bridgehead atoms. The van der Waals surface area contributed by atoms with E-state index in [4.69, 9.17) is 9.78 Å². The number of benzene rings is 3. The van der Waals surface area contributed by atoms with Gasteiger partial charge < -0.3 is 21.3 Å². The third kappa shape index (κ3) is 13.2. The Labute approximate surface area is 261 Å². The first-order valence-corrected chi connectivity index (χ1v) is 15.3. The van der Waals surface area contributed by atoms with E-state index in [0.29, 0.717) is 43.7 Å². The van der Waals surface area contributed by atoms with Gasteiger partial charge in [0.25, 0.3) is 0 Å². The molecule has 9 heteroatoms. The molecule has 0 aliphatic heterocycles. The van der Waals surface area contributed by atoms with Crippen LogP contribution in [-0.2, 0) is 26.0 Å². The molecule has 0 saturated heterocycles. The van der Waals surface area contributed by atoms with Crippen LogP contribution in [0.4, 0.5) is 5.69 Å². The van der Waals surface area contributed by atoms with Crippen molar-refractivity contribution in [2.24, 2.45) is 5.92 Å². The Hall–Kier alpha value is -3.89. The van der Waals surface area contributed by atoms with Gasteiger partial charge in [-0.3, -0.25) is 14.4 Å². The van der Waals surface area contributed by atoms with Crippen molar-refractivity contribution in [3.05, 3.63) is 102 Å². The summed E-state index contributed by atoms with van der Waals surface area (Å²) in [6.45, 7) is 7.26. The molecule has 3 aromatic carbocycles. The normalized spacial score (nSPS) is 13.2. The summed E-state index contributed by atoms with van der Waals surface area (Å²) in [6.07, 6.45) is 1.62. The zero-order valence-corrected chi connectivity index (χ0v) is 26.0. The second-order valence-corrected chi connectivity index (χ2v) is 11.3. The molecule has 0 heterocycles. The minimum atomic E-state index is -0.700. The molecule has 236 valence electrons. The van der Waals surface area contributed by atoms with Crippen molar-refractivity contribution in [2.75, 3.05) is 25.0 Å². The highest BCUT2D eigenvalue weighted by Gasteiger charge is 2.27. The summed E-state index contributed by atoms with van der Waals surface area (Å²) in [4.78, 5) is 50.0. The minimum Gasteiger partial charge on any atom is -0.343 e. The summed E-state index contributed by atoms with van der Waals surface area (Å²) in [7, 11) is 0. The molecule has 0 spiro atoms. The molecule has 44 heavy (non-hydrogen) atoms. The van der Waals surface area contributed by atoms with Crippen molar-refractivity contribution >= 4 is 23.3 Å². The molecular weight excluding hydrogens is 556 g/mol. The summed E-state index contributed by atoms with van der Waals surface area (Å²) >= 11 is 0. The van der Waals surface area contributed by atoms with E-state index in [1.807, 2.05) is 99.6 Å². The maximum absolute atomic E-state index is 13.6. The van der Waals surface area contributed by atoms with Crippen LogP contribution >= 0.6 is 0 Å². The van der Waals surface area contributed by atoms with E-state index in [9.17, 15) is 14.4 Å². The minimum absolute atomic E-state index is 0.0141. The van der Waals surface area contributed by atoms with Crippen LogP contribution in [-0.4, -0.2) is 55.4 Å². The molecule has 0 aliphatic rings. The first-order chi connectivity index (χ1) is 21.3. The summed E-state index contributed by atoms with van der Waals surface area (Å²) in [5.41, 5.74) is 2.33. The van der Waals surface area contributed by atoms with Crippen LogP contribution < -0.4 is 21.3 Å². The molecule has 2 amide bonds. The second-order valence-electron chi connectivity index (χ2n) is 11.3. The number of para-hydroxylation sites is 1. The Kier molecular flexibility index (Phi) is 15.3. The van der Waals surface area contributed by atoms with Gasteiger partial charge >= 0.3 is 0 Å². The van der Waals surface area contributed by atoms with Crippen LogP contribution in [0.3, 0.4) is 0 Å². The van der Waals surface area contributed by atoms with Crippen molar-refractivity contribution in [1.82, 2.24) is 16.0 Å². The maximum Gasteiger partial charge on any atom is 0.246 e. The molecule has 0 fully saturated rings. The van der Waals surface area contributed by atoms with Gasteiger partial charge in [0.15, 0.2) is 5.78 Å². The topological polar surface area (TPSA) is 118 Å². The number of Topliss-reactive ketones (excluding diaryl/α,β-unsaturated/α-hetero) is 1. The number of carbonyl (C=O) groups excluding carboxylic acids is 3. The maximum atomic E-state index is 13.6. The average molecular weight is 603 g/mol. The van der Waals surface area contributed by atoms with E-state index < -0.39 is 12.1 Å². The number of rotatable bonds is 20. The number of hydrogen-bond donors (Lipinski definition) is 4. The van der Waals surface area contributed by atoms with Crippen LogP contribution in [0, 0.1) is 5.92 Å². The third-order valence-corrected chi connectivity index (χ3v) is 6.88. The van der Waals surface area contributed by atoms with Crippen molar-refractivity contribution in [2.45, 2.75) is 64.8 Å². The highest BCUT2D eigenvalue weighted by Crippen LogP contribution is 2.12. The Morgan fingerprint density at radius 3 is 2.05 bits per heavy atom. The Balaban J connectivity index is 1.56. The Morgan fingerprint density at radius 1 is 0.750 bits per heavy atom. The van der Waals surface area contributed by atoms with Gasteiger partial charge in [0.05, 0.1) is 19.2 Å². The monoisotopic (exact) mass is 602 g/mol. The van der Waals surface area contributed by atoms with Gasteiger partial charge in [-0.1, -0.05) is 92.7 Å². The lowest BCUT2D eigenvalue weighted by molar-refractivity contribution is -0.306. The van der Waals surface area contributed by atoms with Crippen LogP contribution in [0.1, 0.15) is 56.0 Å². The van der Waals surface area contributed by atoms with E-state index >= 15 is 0 Å². The predicted molar refractivity (Wildman–Crippen MR) is 173 cm³/mol. The molecule has 0 radical (unpaired) electrons. The van der Waals surface area contributed by atoms with Crippen LogP contribution in [0.25, 0.3) is 0 Å². The smallest absolute Gasteiger partial charge is 0.246 e. The van der Waals surface area contributed by atoms with Crippen molar-refractivity contribution < 1.29 is 24.2 Å². The summed E-state index contributed by atoms with van der Waals surface area (Å²) < 4.78 is 0. The highest BCUT2D eigenvalue weighted by molar-refractivity contribution is 5.98. The zero-order chi connectivity index (χ0) is 31.6. The lowest BCUT2D eigenvalue weighted by Gasteiger charge is -2.26. The first kappa shape index (κ1) is 34.6. The molecule has 1 unspecified atom stereocenters. The second kappa shape index (κ2) is 19.4. The first-order valence-electron chi connectivity index (χ1n) is 15.3. The van der Waals surface area contributed by atoms with Gasteiger partial charge in [-0.05, 0) is 56.3 Å². The number of nitrogens with one attached hydrogen (secondary N) is 4. The van der Waals surface area contributed by atoms with Crippen LogP contribution in [0.5, 0.6) is 0 Å². The molecule has 3 aromatic rings. The molecule has 3 atom stereocenters. The number of anilines is 1. The largest absolute Gasteiger partial charge is 0.343 e. The van der Waals surface area contributed by atoms with Crippen molar-refractivity contribution in [3.8, 4) is 0 Å². The Bertz CT molecular complexity index is 1260. The number of hydrogen-bond acceptors (Lipinski definition) is 7. The summed E-state index contributed by atoms with van der Waals surface area (Å²) in [5, 5.41) is 12.4. The van der Waals surface area contributed by atoms with Gasteiger partial charge in [-0.25, -0.2) is 9.78 Å². The average Bonchev–Trinajstić information content (AvgIpc) is 3.03. The van der Waals surface area contributed by atoms with Gasteiger partial charge in [0.1, 0.15) is 12.6 Å². The van der Waals surface area contributed by atoms with E-state index in [2.05, 4.69) is 21.3 Å². The number of ketones is 1. The van der Waals surface area contributed by atoms with E-state index in [1.54, 1.807) is 12.1 Å². The standard InChI is InChI=1S/C35H46N4O5/c1-26(2)22-32(35(42)38-30-18-11-6-12-19-30)39-34(41)31(20-13-21-36-23-33(40)29-16-9-5-10-17-29)37-27(3)24-43-44-25-28-14-7-4-8-15-28/h4-12,14-19,26-27,31-32,36-37H,13,20-25H2,1-3H3,(H,38,42)(H,39,41)/t27?,31-,32-/m0/s1. The molecule has 9 nitrogen and oxygen atoms in total. The third-order valence-electron chi connectivity index (χ3n) is 6.88. The molecular formula is C35H46N4O5. The fourth-order valence-electron chi connectivity index (χ4n) is 4.60. The Morgan fingerprint density at radius 2 is 1.39 bits per heavy atom. The zero-order valence-electron chi connectivity index (χ0n) is 26.0. The SMILES string of the molecule is CC(C)C[C@H](NC(=O)[C@H](CCCNCC(=O)c1ccccc1)NC(C)COOCc1ccccc1)C(=O)Nc1ccccc1. The van der Waals surface area contributed by atoms with Gasteiger partial charge in [-0.2, -0.15) is 0 Å². The molecule has 0 saturated carbocycles. The van der Waals surface area contributed by atoms with Crippen molar-refractivity contribution in [3.63, 3.8) is 0 Å². The van der Waals surface area contributed by atoms with E-state index in [0.717, 1.165) is 5.56 Å². The van der Waals surface area contributed by atoms with Gasteiger partial charge in [-0.15, -0.1) is 0 Å². The summed E-state index contributed by atoms with van der Waals surface area (Å²) in [6, 6.07) is 26.6. The number of carbonyl (C=O) groups is 3. The highest BCUT2D eigenvalue weighted by atomic mass is 17.2. The van der Waals surface area contributed by atoms with Crippen molar-refractivity contribution in [1.29, 1.82) is 0 Å². The fourth-order valence-corrected chi connectivity index (χ4v) is 4.60. The summed E-state index contributed by atoms with van der Waals surface area (Å²) in [5.74, 6) is -0.325. The lowest BCUT2D eigenvalue weighted by atomic mass is 10.0. The van der Waals surface area contributed by atoms with E-state index in [1.165, 1.54) is 0 Å². The predicted octanol–water partition coefficient (Wildman–Crippen LogP) is 4.90. The molecule has 4 N–H and O–H groups in total. The quantitative estimate of drug-likeness (QED) is 0.0629. The number of amides is 2. The van der Waals surface area contributed by atoms with Gasteiger partial charge in [0, 0.05) is 17.3 Å². The van der Waals surface area contributed by atoms with E-state index in [-0.39, 0.29) is 42.7 Å². The van der Waals surface area contributed by atoms with Crippen LogP contribution in [0.15, 0.2) is 91.0 Å². The molecule has 0 aromatic heterocycles. The molecule has 3 rings (SSSR count). The molecule has 0 aliphatic carbocycles.